The predicted molar refractivity (Wildman–Crippen MR) is 111 cm³/mol. The summed E-state index contributed by atoms with van der Waals surface area (Å²) in [5, 5.41) is 0. The summed E-state index contributed by atoms with van der Waals surface area (Å²) >= 11 is 0. The summed E-state index contributed by atoms with van der Waals surface area (Å²) in [4.78, 5) is 8.93. The number of aromatic nitrogens is 1. The smallest absolute Gasteiger partial charge is 0.131 e. The fourth-order valence-electron chi connectivity index (χ4n) is 3.45. The highest BCUT2D eigenvalue weighted by Gasteiger charge is 2.15. The molecule has 1 aliphatic rings. The van der Waals surface area contributed by atoms with E-state index in [0.29, 0.717) is 11.3 Å². The van der Waals surface area contributed by atoms with Crippen molar-refractivity contribution in [2.24, 2.45) is 4.99 Å². The molecule has 0 unspecified atom stereocenters. The maximum Gasteiger partial charge on any atom is 0.131 e. The first kappa shape index (κ1) is 18.1. The van der Waals surface area contributed by atoms with E-state index in [1.165, 1.54) is 6.07 Å². The second-order valence-electron chi connectivity index (χ2n) is 6.72. The van der Waals surface area contributed by atoms with Crippen LogP contribution >= 0.6 is 0 Å². The third-order valence-corrected chi connectivity index (χ3v) is 4.83. The summed E-state index contributed by atoms with van der Waals surface area (Å²) < 4.78 is 19.8. The van der Waals surface area contributed by atoms with Crippen LogP contribution in [-0.4, -0.2) is 24.4 Å². The number of methoxy groups -OCH3 is 1. The normalized spacial score (nSPS) is 15.4. The zero-order valence-corrected chi connectivity index (χ0v) is 15.7. The number of ether oxygens (including phenoxy) is 1. The van der Waals surface area contributed by atoms with E-state index < -0.39 is 0 Å². The molecule has 0 atom stereocenters. The fraction of sp³-hybridized carbons (Fsp3) is 0.167. The number of aliphatic imine (C=N–C) groups is 1. The Morgan fingerprint density at radius 3 is 2.75 bits per heavy atom. The number of allylic oxidation sites excluding steroid dienone is 1. The van der Waals surface area contributed by atoms with E-state index in [-0.39, 0.29) is 5.82 Å². The highest BCUT2D eigenvalue weighted by Crippen LogP contribution is 2.29. The molecule has 0 aliphatic carbocycles. The summed E-state index contributed by atoms with van der Waals surface area (Å²) in [5.74, 6) is 0.458. The van der Waals surface area contributed by atoms with Crippen LogP contribution in [0.3, 0.4) is 0 Å². The first-order chi connectivity index (χ1) is 13.7. The van der Waals surface area contributed by atoms with Crippen LogP contribution in [0.1, 0.15) is 24.0 Å². The SMILES string of the molecule is COc1cccc(-c2cc(C=C3CCCN=C3c3cccnc3)ccc2F)c1. The molecule has 0 spiro atoms. The van der Waals surface area contributed by atoms with Crippen molar-refractivity contribution in [3.8, 4) is 16.9 Å². The van der Waals surface area contributed by atoms with Gasteiger partial charge in [0.1, 0.15) is 11.6 Å². The van der Waals surface area contributed by atoms with Crippen LogP contribution in [0.2, 0.25) is 0 Å². The Bertz CT molecular complexity index is 1040. The first-order valence-corrected chi connectivity index (χ1v) is 9.34. The lowest BCUT2D eigenvalue weighted by atomic mass is 9.94. The summed E-state index contributed by atoms with van der Waals surface area (Å²) in [6, 6.07) is 16.6. The average Bonchev–Trinajstić information content (AvgIpc) is 2.76. The molecule has 0 fully saturated rings. The monoisotopic (exact) mass is 372 g/mol. The topological polar surface area (TPSA) is 34.5 Å². The van der Waals surface area contributed by atoms with Crippen molar-refractivity contribution < 1.29 is 9.13 Å². The Morgan fingerprint density at radius 1 is 1.04 bits per heavy atom. The van der Waals surface area contributed by atoms with Gasteiger partial charge in [-0.2, -0.15) is 0 Å². The van der Waals surface area contributed by atoms with Crippen molar-refractivity contribution in [2.45, 2.75) is 12.8 Å². The summed E-state index contributed by atoms with van der Waals surface area (Å²) in [5.41, 5.74) is 5.45. The molecule has 2 heterocycles. The van der Waals surface area contributed by atoms with Gasteiger partial charge in [-0.1, -0.05) is 18.2 Å². The molecule has 3 nitrogen and oxygen atoms in total. The van der Waals surface area contributed by atoms with Gasteiger partial charge in [0.25, 0.3) is 0 Å². The average molecular weight is 372 g/mol. The molecule has 0 bridgehead atoms. The standard InChI is InChI=1S/C24H21FN2O/c1-28-21-8-2-5-18(15-21)22-14-17(9-10-23(22)25)13-19-6-4-12-27-24(19)20-7-3-11-26-16-20/h2-3,5,7-11,13-16H,4,6,12H2,1H3. The Balaban J connectivity index is 1.73. The molecule has 28 heavy (non-hydrogen) atoms. The van der Waals surface area contributed by atoms with Crippen LogP contribution in [0.5, 0.6) is 5.75 Å². The third-order valence-electron chi connectivity index (χ3n) is 4.83. The van der Waals surface area contributed by atoms with Crippen molar-refractivity contribution in [2.75, 3.05) is 13.7 Å². The van der Waals surface area contributed by atoms with E-state index in [1.807, 2.05) is 54.7 Å². The summed E-state index contributed by atoms with van der Waals surface area (Å²) in [6.07, 6.45) is 7.66. The largest absolute Gasteiger partial charge is 0.497 e. The lowest BCUT2D eigenvalue weighted by molar-refractivity contribution is 0.415. The zero-order chi connectivity index (χ0) is 19.3. The maximum atomic E-state index is 14.5. The first-order valence-electron chi connectivity index (χ1n) is 9.34. The Morgan fingerprint density at radius 2 is 1.93 bits per heavy atom. The molecule has 0 saturated heterocycles. The molecule has 3 aromatic rings. The minimum Gasteiger partial charge on any atom is -0.497 e. The van der Waals surface area contributed by atoms with Gasteiger partial charge in [-0.3, -0.25) is 9.98 Å². The molecule has 0 radical (unpaired) electrons. The number of pyridine rings is 1. The van der Waals surface area contributed by atoms with Gasteiger partial charge < -0.3 is 4.74 Å². The van der Waals surface area contributed by atoms with E-state index in [2.05, 4.69) is 11.1 Å². The molecular formula is C24H21FN2O. The number of hydrogen-bond acceptors (Lipinski definition) is 3. The number of hydrogen-bond donors (Lipinski definition) is 0. The second-order valence-corrected chi connectivity index (χ2v) is 6.72. The van der Waals surface area contributed by atoms with Gasteiger partial charge in [0.2, 0.25) is 0 Å². The number of halogens is 1. The van der Waals surface area contributed by atoms with Gasteiger partial charge in [0.05, 0.1) is 12.8 Å². The van der Waals surface area contributed by atoms with E-state index in [9.17, 15) is 4.39 Å². The number of rotatable bonds is 4. The molecule has 4 rings (SSSR count). The highest BCUT2D eigenvalue weighted by atomic mass is 19.1. The van der Waals surface area contributed by atoms with Gasteiger partial charge in [-0.15, -0.1) is 0 Å². The van der Waals surface area contributed by atoms with Crippen molar-refractivity contribution >= 4 is 11.8 Å². The Kier molecular flexibility index (Phi) is 5.29. The molecule has 0 amide bonds. The van der Waals surface area contributed by atoms with Gasteiger partial charge in [0, 0.05) is 30.1 Å². The summed E-state index contributed by atoms with van der Waals surface area (Å²) in [7, 11) is 1.61. The summed E-state index contributed by atoms with van der Waals surface area (Å²) in [6.45, 7) is 0.819. The lowest BCUT2D eigenvalue weighted by Crippen LogP contribution is -2.11. The van der Waals surface area contributed by atoms with Crippen LogP contribution in [0.4, 0.5) is 4.39 Å². The lowest BCUT2D eigenvalue weighted by Gasteiger charge is -2.16. The molecule has 1 aliphatic heterocycles. The Hall–Kier alpha value is -3.27. The number of benzene rings is 2. The predicted octanol–water partition coefficient (Wildman–Crippen LogP) is 5.56. The van der Waals surface area contributed by atoms with Gasteiger partial charge in [-0.05, 0) is 72.0 Å². The van der Waals surface area contributed by atoms with Crippen LogP contribution < -0.4 is 4.74 Å². The van der Waals surface area contributed by atoms with E-state index >= 15 is 0 Å². The van der Waals surface area contributed by atoms with E-state index in [4.69, 9.17) is 9.73 Å². The zero-order valence-electron chi connectivity index (χ0n) is 15.7. The molecule has 2 aromatic carbocycles. The quantitative estimate of drug-likeness (QED) is 0.601. The minimum absolute atomic E-state index is 0.250. The molecule has 1 aromatic heterocycles. The van der Waals surface area contributed by atoms with E-state index in [0.717, 1.165) is 47.4 Å². The van der Waals surface area contributed by atoms with Crippen molar-refractivity contribution in [1.82, 2.24) is 4.98 Å². The molecule has 0 saturated carbocycles. The molecule has 140 valence electrons. The molecule has 0 N–H and O–H groups in total. The van der Waals surface area contributed by atoms with Crippen molar-refractivity contribution in [3.05, 3.63) is 89.5 Å². The van der Waals surface area contributed by atoms with Gasteiger partial charge in [0.15, 0.2) is 0 Å². The van der Waals surface area contributed by atoms with Gasteiger partial charge in [-0.25, -0.2) is 4.39 Å². The second kappa shape index (κ2) is 8.17. The Labute approximate surface area is 164 Å². The molecular weight excluding hydrogens is 351 g/mol. The van der Waals surface area contributed by atoms with Crippen LogP contribution in [0.25, 0.3) is 17.2 Å². The van der Waals surface area contributed by atoms with E-state index in [1.54, 1.807) is 13.3 Å². The highest BCUT2D eigenvalue weighted by molar-refractivity contribution is 6.15. The van der Waals surface area contributed by atoms with Crippen LogP contribution in [-0.2, 0) is 0 Å². The molecule has 4 heteroatoms. The van der Waals surface area contributed by atoms with Crippen molar-refractivity contribution in [1.29, 1.82) is 0 Å². The number of nitrogens with zero attached hydrogens (tertiary/aromatic N) is 2. The van der Waals surface area contributed by atoms with Crippen LogP contribution in [0.15, 0.2) is 77.6 Å². The third kappa shape index (κ3) is 3.86. The van der Waals surface area contributed by atoms with Crippen LogP contribution in [0, 0.1) is 5.82 Å². The van der Waals surface area contributed by atoms with Crippen molar-refractivity contribution in [3.63, 3.8) is 0 Å². The fourth-order valence-corrected chi connectivity index (χ4v) is 3.45. The maximum absolute atomic E-state index is 14.5. The minimum atomic E-state index is -0.250. The van der Waals surface area contributed by atoms with Gasteiger partial charge >= 0.3 is 0 Å².